The smallest absolute Gasteiger partial charge is 0.335 e. The minimum atomic E-state index is -0.959. The lowest BCUT2D eigenvalue weighted by atomic mass is 10.1. The van der Waals surface area contributed by atoms with Crippen molar-refractivity contribution in [1.82, 2.24) is 9.88 Å². The largest absolute Gasteiger partial charge is 0.342 e. The summed E-state index contributed by atoms with van der Waals surface area (Å²) in [5, 5.41) is 2.87. The van der Waals surface area contributed by atoms with Gasteiger partial charge in [0.05, 0.1) is 12.2 Å². The van der Waals surface area contributed by atoms with Crippen molar-refractivity contribution in [1.29, 1.82) is 0 Å². The minimum Gasteiger partial charge on any atom is -0.342 e. The molecule has 0 spiro atoms. The first-order valence-corrected chi connectivity index (χ1v) is 10.4. The number of hydrogen-bond donors (Lipinski definition) is 1. The van der Waals surface area contributed by atoms with E-state index in [9.17, 15) is 23.2 Å². The lowest BCUT2D eigenvalue weighted by Gasteiger charge is -2.26. The molecule has 168 valence electrons. The molecular formula is C26H17F2N3O3. The van der Waals surface area contributed by atoms with Crippen LogP contribution < -0.4 is 10.2 Å². The molecule has 1 aliphatic heterocycles. The highest BCUT2D eigenvalue weighted by Crippen LogP contribution is 2.27. The zero-order chi connectivity index (χ0) is 23.8. The van der Waals surface area contributed by atoms with Gasteiger partial charge in [-0.05, 0) is 36.4 Å². The molecule has 1 aliphatic rings. The zero-order valence-electron chi connectivity index (χ0n) is 17.7. The Morgan fingerprint density at radius 1 is 0.882 bits per heavy atom. The second kappa shape index (κ2) is 8.40. The van der Waals surface area contributed by atoms with Crippen LogP contribution in [0.1, 0.15) is 11.1 Å². The highest BCUT2D eigenvalue weighted by molar-refractivity contribution is 6.39. The molecule has 0 unspecified atom stereocenters. The van der Waals surface area contributed by atoms with Gasteiger partial charge in [-0.1, -0.05) is 42.5 Å². The number of anilines is 1. The summed E-state index contributed by atoms with van der Waals surface area (Å²) >= 11 is 0. The molecule has 4 amide bonds. The summed E-state index contributed by atoms with van der Waals surface area (Å²) in [5.74, 6) is -2.69. The molecule has 0 radical (unpaired) electrons. The number of halogens is 2. The maximum atomic E-state index is 14.2. The fraction of sp³-hybridized carbons (Fsp3) is 0.0385. The van der Waals surface area contributed by atoms with Crippen molar-refractivity contribution in [3.8, 4) is 0 Å². The second-order valence-corrected chi connectivity index (χ2v) is 7.76. The monoisotopic (exact) mass is 457 g/mol. The first-order valence-electron chi connectivity index (χ1n) is 10.4. The van der Waals surface area contributed by atoms with E-state index >= 15 is 0 Å². The van der Waals surface area contributed by atoms with Crippen LogP contribution in [0.25, 0.3) is 17.0 Å². The Morgan fingerprint density at radius 2 is 1.65 bits per heavy atom. The van der Waals surface area contributed by atoms with Gasteiger partial charge in [0.1, 0.15) is 17.2 Å². The van der Waals surface area contributed by atoms with E-state index in [-0.39, 0.29) is 23.6 Å². The van der Waals surface area contributed by atoms with Crippen LogP contribution in [0.2, 0.25) is 0 Å². The maximum Gasteiger partial charge on any atom is 0.335 e. The lowest BCUT2D eigenvalue weighted by molar-refractivity contribution is -0.122. The molecule has 0 bridgehead atoms. The molecule has 0 saturated carbocycles. The van der Waals surface area contributed by atoms with Crippen molar-refractivity contribution in [2.45, 2.75) is 6.54 Å². The number of carbonyl (C=O) groups excluding carboxylic acids is 3. The molecule has 1 fully saturated rings. The molecule has 8 heteroatoms. The third-order valence-electron chi connectivity index (χ3n) is 5.59. The van der Waals surface area contributed by atoms with Crippen molar-refractivity contribution in [3.05, 3.63) is 107 Å². The van der Waals surface area contributed by atoms with Crippen LogP contribution in [-0.2, 0) is 16.1 Å². The quantitative estimate of drug-likeness (QED) is 0.359. The lowest BCUT2D eigenvalue weighted by Crippen LogP contribution is -2.54. The molecular weight excluding hydrogens is 440 g/mol. The predicted octanol–water partition coefficient (Wildman–Crippen LogP) is 4.63. The number of nitrogens with one attached hydrogen (secondary N) is 1. The van der Waals surface area contributed by atoms with Gasteiger partial charge in [0.25, 0.3) is 11.8 Å². The molecule has 1 saturated heterocycles. The molecule has 4 aromatic rings. The fourth-order valence-corrected chi connectivity index (χ4v) is 3.99. The van der Waals surface area contributed by atoms with E-state index in [4.69, 9.17) is 0 Å². The highest BCUT2D eigenvalue weighted by Gasteiger charge is 2.37. The number of fused-ring (bicyclic) bond motifs is 1. The van der Waals surface area contributed by atoms with Crippen LogP contribution in [-0.4, -0.2) is 22.4 Å². The summed E-state index contributed by atoms with van der Waals surface area (Å²) in [5.41, 5.74) is 1.52. The molecule has 1 aromatic heterocycles. The number of urea groups is 1. The fourth-order valence-electron chi connectivity index (χ4n) is 3.99. The summed E-state index contributed by atoms with van der Waals surface area (Å²) in [6, 6.07) is 17.8. The van der Waals surface area contributed by atoms with Crippen molar-refractivity contribution < 1.29 is 23.2 Å². The van der Waals surface area contributed by atoms with Crippen molar-refractivity contribution in [3.63, 3.8) is 0 Å². The molecule has 1 N–H and O–H groups in total. The van der Waals surface area contributed by atoms with Crippen LogP contribution in [0.5, 0.6) is 0 Å². The molecule has 34 heavy (non-hydrogen) atoms. The molecule has 0 atom stereocenters. The van der Waals surface area contributed by atoms with E-state index in [2.05, 4.69) is 5.32 Å². The van der Waals surface area contributed by atoms with E-state index in [0.29, 0.717) is 11.1 Å². The van der Waals surface area contributed by atoms with Crippen LogP contribution >= 0.6 is 0 Å². The van der Waals surface area contributed by atoms with E-state index in [1.54, 1.807) is 24.4 Å². The summed E-state index contributed by atoms with van der Waals surface area (Å²) < 4.78 is 29.8. The average molecular weight is 457 g/mol. The first-order chi connectivity index (χ1) is 16.4. The number of para-hydroxylation sites is 1. The Labute approximate surface area is 192 Å². The standard InChI is InChI=1S/C26H17F2N3O3/c27-18-7-5-8-19(13-18)31-25(33)21(24(32)29-26(31)34)12-17-15-30(23-11-4-2-9-20(17)23)14-16-6-1-3-10-22(16)28/h1-13,15H,14H2,(H,29,32,34)/b21-12+. The molecule has 3 aromatic carbocycles. The number of rotatable bonds is 4. The summed E-state index contributed by atoms with van der Waals surface area (Å²) in [6.07, 6.45) is 3.10. The topological polar surface area (TPSA) is 71.4 Å². The Balaban J connectivity index is 1.58. The Hall–Kier alpha value is -4.59. The van der Waals surface area contributed by atoms with Gasteiger partial charge in [-0.15, -0.1) is 0 Å². The van der Waals surface area contributed by atoms with E-state index in [1.807, 2.05) is 28.8 Å². The Morgan fingerprint density at radius 3 is 2.44 bits per heavy atom. The van der Waals surface area contributed by atoms with Gasteiger partial charge < -0.3 is 4.57 Å². The zero-order valence-corrected chi connectivity index (χ0v) is 17.7. The van der Waals surface area contributed by atoms with Crippen molar-refractivity contribution in [2.75, 3.05) is 4.90 Å². The number of amides is 4. The van der Waals surface area contributed by atoms with Crippen LogP contribution in [0.3, 0.4) is 0 Å². The van der Waals surface area contributed by atoms with Crippen LogP contribution in [0, 0.1) is 11.6 Å². The third kappa shape index (κ3) is 3.75. The van der Waals surface area contributed by atoms with Gasteiger partial charge >= 0.3 is 6.03 Å². The number of benzene rings is 3. The number of carbonyl (C=O) groups is 3. The van der Waals surface area contributed by atoms with Crippen LogP contribution in [0.15, 0.2) is 84.6 Å². The summed E-state index contributed by atoms with van der Waals surface area (Å²) in [6.45, 7) is 0.240. The second-order valence-electron chi connectivity index (χ2n) is 7.76. The van der Waals surface area contributed by atoms with Gasteiger partial charge in [-0.2, -0.15) is 0 Å². The molecule has 2 heterocycles. The number of nitrogens with zero attached hydrogens (tertiary/aromatic N) is 2. The summed E-state index contributed by atoms with van der Waals surface area (Å²) in [7, 11) is 0. The Kier molecular flexibility index (Phi) is 5.25. The van der Waals surface area contributed by atoms with Gasteiger partial charge in [0.15, 0.2) is 0 Å². The molecule has 6 nitrogen and oxygen atoms in total. The highest BCUT2D eigenvalue weighted by atomic mass is 19.1. The third-order valence-corrected chi connectivity index (χ3v) is 5.59. The SMILES string of the molecule is O=C1NC(=O)N(c2cccc(F)c2)C(=O)/C1=C/c1cn(Cc2ccccc2F)c2ccccc12. The number of hydrogen-bond acceptors (Lipinski definition) is 3. The normalized spacial score (nSPS) is 15.3. The maximum absolute atomic E-state index is 14.2. The van der Waals surface area contributed by atoms with Crippen molar-refractivity contribution >= 4 is 40.5 Å². The number of barbiturate groups is 1. The molecule has 5 rings (SSSR count). The van der Waals surface area contributed by atoms with Gasteiger partial charge in [-0.25, -0.2) is 18.5 Å². The van der Waals surface area contributed by atoms with E-state index in [1.165, 1.54) is 30.3 Å². The van der Waals surface area contributed by atoms with Crippen molar-refractivity contribution in [2.24, 2.45) is 0 Å². The summed E-state index contributed by atoms with van der Waals surface area (Å²) in [4.78, 5) is 38.8. The number of aromatic nitrogens is 1. The molecule has 0 aliphatic carbocycles. The van der Waals surface area contributed by atoms with E-state index < -0.39 is 23.7 Å². The predicted molar refractivity (Wildman–Crippen MR) is 123 cm³/mol. The van der Waals surface area contributed by atoms with E-state index in [0.717, 1.165) is 21.9 Å². The van der Waals surface area contributed by atoms with Gasteiger partial charge in [0, 0.05) is 28.2 Å². The Bertz CT molecular complexity index is 1510. The van der Waals surface area contributed by atoms with Gasteiger partial charge in [-0.3, -0.25) is 14.9 Å². The average Bonchev–Trinajstić information content (AvgIpc) is 3.15. The van der Waals surface area contributed by atoms with Gasteiger partial charge in [0.2, 0.25) is 0 Å². The first kappa shape index (κ1) is 21.3. The minimum absolute atomic E-state index is 0.00267. The van der Waals surface area contributed by atoms with Crippen LogP contribution in [0.4, 0.5) is 19.3 Å². The number of imide groups is 2.